The minimum absolute atomic E-state index is 0.368. The molecule has 0 aliphatic carbocycles. The molecule has 0 radical (unpaired) electrons. The second kappa shape index (κ2) is 5.41. The van der Waals surface area contributed by atoms with Crippen LogP contribution in [0.2, 0.25) is 0 Å². The Bertz CT molecular complexity index is 721. The Labute approximate surface area is 117 Å². The molecular weight excluding hydrogens is 280 g/mol. The van der Waals surface area contributed by atoms with E-state index < -0.39 is 15.3 Å². The molecule has 0 amide bonds. The van der Waals surface area contributed by atoms with Crippen LogP contribution in [-0.2, 0) is 16.4 Å². The van der Waals surface area contributed by atoms with Crippen LogP contribution in [-0.4, -0.2) is 20.7 Å². The van der Waals surface area contributed by atoms with E-state index in [0.29, 0.717) is 29.7 Å². The molecule has 0 aliphatic rings. The number of benzene rings is 1. The number of nitrogens with zero attached hydrogens (tertiary/aromatic N) is 1. The quantitative estimate of drug-likeness (QED) is 0.912. The van der Waals surface area contributed by atoms with Gasteiger partial charge in [0.2, 0.25) is 10.0 Å². The molecule has 6 nitrogen and oxygen atoms in total. The zero-order valence-corrected chi connectivity index (χ0v) is 12.5. The van der Waals surface area contributed by atoms with Gasteiger partial charge in [-0.3, -0.25) is 0 Å². The lowest BCUT2D eigenvalue weighted by atomic mass is 10.0. The second-order valence-corrected chi connectivity index (χ2v) is 6.31. The standard InChI is InChI=1S/C13H18N2O4S/c1-4-10-8-6-9(13(5-2)20(14,16)17)11(18-3)7-12(8)19-15-10/h6-7,13H,4-5H2,1-3H3,(H2,14,16,17). The molecule has 1 heterocycles. The Morgan fingerprint density at radius 2 is 2.10 bits per heavy atom. The molecule has 1 unspecified atom stereocenters. The molecule has 0 spiro atoms. The van der Waals surface area contributed by atoms with Crippen LogP contribution in [0.15, 0.2) is 16.7 Å². The predicted molar refractivity (Wildman–Crippen MR) is 76.1 cm³/mol. The molecular formula is C13H18N2O4S. The van der Waals surface area contributed by atoms with E-state index >= 15 is 0 Å². The summed E-state index contributed by atoms with van der Waals surface area (Å²) in [7, 11) is -2.22. The number of hydrogen-bond donors (Lipinski definition) is 1. The molecule has 2 aromatic rings. The van der Waals surface area contributed by atoms with Crippen molar-refractivity contribution >= 4 is 21.0 Å². The summed E-state index contributed by atoms with van der Waals surface area (Å²) in [6, 6.07) is 3.41. The number of nitrogens with two attached hydrogens (primary N) is 1. The first-order chi connectivity index (χ1) is 9.42. The number of methoxy groups -OCH3 is 1. The molecule has 0 aliphatic heterocycles. The molecule has 0 bridgehead atoms. The number of aryl methyl sites for hydroxylation is 1. The van der Waals surface area contributed by atoms with E-state index in [4.69, 9.17) is 14.4 Å². The van der Waals surface area contributed by atoms with Gasteiger partial charge in [-0.25, -0.2) is 13.6 Å². The van der Waals surface area contributed by atoms with Gasteiger partial charge in [-0.05, 0) is 18.9 Å². The van der Waals surface area contributed by atoms with E-state index in [2.05, 4.69) is 5.16 Å². The lowest BCUT2D eigenvalue weighted by Crippen LogP contribution is -2.21. The van der Waals surface area contributed by atoms with Crippen LogP contribution in [0.5, 0.6) is 5.75 Å². The summed E-state index contributed by atoms with van der Waals surface area (Å²) in [5, 5.41) is 9.27. The molecule has 1 aromatic carbocycles. The zero-order chi connectivity index (χ0) is 14.9. The van der Waals surface area contributed by atoms with Gasteiger partial charge in [0.25, 0.3) is 0 Å². The van der Waals surface area contributed by atoms with E-state index in [9.17, 15) is 8.42 Å². The van der Waals surface area contributed by atoms with E-state index in [1.165, 1.54) is 7.11 Å². The average Bonchev–Trinajstić information content (AvgIpc) is 2.78. The van der Waals surface area contributed by atoms with Gasteiger partial charge in [-0.15, -0.1) is 0 Å². The smallest absolute Gasteiger partial charge is 0.216 e. The normalized spacial score (nSPS) is 13.6. The Balaban J connectivity index is 2.72. The van der Waals surface area contributed by atoms with Gasteiger partial charge in [0.15, 0.2) is 5.58 Å². The lowest BCUT2D eigenvalue weighted by Gasteiger charge is -2.16. The molecule has 1 aromatic heterocycles. The van der Waals surface area contributed by atoms with Crippen LogP contribution in [0.3, 0.4) is 0 Å². The van der Waals surface area contributed by atoms with Crippen molar-refractivity contribution in [2.75, 3.05) is 7.11 Å². The molecule has 0 saturated heterocycles. The number of ether oxygens (including phenoxy) is 1. The summed E-state index contributed by atoms with van der Waals surface area (Å²) in [5.74, 6) is 0.442. The number of hydrogen-bond acceptors (Lipinski definition) is 5. The summed E-state index contributed by atoms with van der Waals surface area (Å²) in [6.07, 6.45) is 1.07. The number of aromatic nitrogens is 1. The predicted octanol–water partition coefficient (Wildman–Crippen LogP) is 2.14. The fourth-order valence-corrected chi connectivity index (χ4v) is 3.35. The summed E-state index contributed by atoms with van der Waals surface area (Å²) < 4.78 is 34.0. The highest BCUT2D eigenvalue weighted by Crippen LogP contribution is 2.36. The summed E-state index contributed by atoms with van der Waals surface area (Å²) in [5.41, 5.74) is 1.91. The largest absolute Gasteiger partial charge is 0.496 e. The molecule has 0 fully saturated rings. The van der Waals surface area contributed by atoms with E-state index in [1.807, 2.05) is 6.92 Å². The highest BCUT2D eigenvalue weighted by atomic mass is 32.2. The van der Waals surface area contributed by atoms with Gasteiger partial charge >= 0.3 is 0 Å². The Kier molecular flexibility index (Phi) is 4.01. The lowest BCUT2D eigenvalue weighted by molar-refractivity contribution is 0.405. The highest BCUT2D eigenvalue weighted by Gasteiger charge is 2.26. The zero-order valence-electron chi connectivity index (χ0n) is 11.7. The van der Waals surface area contributed by atoms with Gasteiger partial charge in [-0.2, -0.15) is 0 Å². The maximum atomic E-state index is 11.7. The first-order valence-corrected chi connectivity index (χ1v) is 8.01. The minimum atomic E-state index is -3.70. The molecule has 2 rings (SSSR count). The minimum Gasteiger partial charge on any atom is -0.496 e. The van der Waals surface area contributed by atoms with E-state index in [-0.39, 0.29) is 0 Å². The van der Waals surface area contributed by atoms with Crippen molar-refractivity contribution < 1.29 is 17.7 Å². The first kappa shape index (κ1) is 14.8. The van der Waals surface area contributed by atoms with Gasteiger partial charge < -0.3 is 9.26 Å². The van der Waals surface area contributed by atoms with Gasteiger partial charge in [0.1, 0.15) is 11.0 Å². The van der Waals surface area contributed by atoms with Crippen molar-refractivity contribution in [2.24, 2.45) is 5.14 Å². The van der Waals surface area contributed by atoms with Crippen LogP contribution in [0.1, 0.15) is 36.8 Å². The van der Waals surface area contributed by atoms with Crippen LogP contribution < -0.4 is 9.88 Å². The van der Waals surface area contributed by atoms with Gasteiger partial charge in [-0.1, -0.05) is 19.0 Å². The van der Waals surface area contributed by atoms with Gasteiger partial charge in [0.05, 0.1) is 12.8 Å². The number of sulfonamides is 1. The fraction of sp³-hybridized carbons (Fsp3) is 0.462. The third-order valence-corrected chi connectivity index (χ3v) is 4.73. The average molecular weight is 298 g/mol. The van der Waals surface area contributed by atoms with E-state index in [0.717, 1.165) is 11.1 Å². The monoisotopic (exact) mass is 298 g/mol. The summed E-state index contributed by atoms with van der Waals surface area (Å²) in [6.45, 7) is 3.73. The van der Waals surface area contributed by atoms with Crippen molar-refractivity contribution in [3.8, 4) is 5.75 Å². The summed E-state index contributed by atoms with van der Waals surface area (Å²) in [4.78, 5) is 0. The maximum absolute atomic E-state index is 11.7. The van der Waals surface area contributed by atoms with Crippen molar-refractivity contribution in [2.45, 2.75) is 31.9 Å². The van der Waals surface area contributed by atoms with Crippen LogP contribution in [0.4, 0.5) is 0 Å². The number of fused-ring (bicyclic) bond motifs is 1. The first-order valence-electron chi connectivity index (χ1n) is 6.40. The third-order valence-electron chi connectivity index (χ3n) is 3.35. The highest BCUT2D eigenvalue weighted by molar-refractivity contribution is 7.89. The van der Waals surface area contributed by atoms with Crippen molar-refractivity contribution in [3.05, 3.63) is 23.4 Å². The molecule has 2 N–H and O–H groups in total. The van der Waals surface area contributed by atoms with Crippen molar-refractivity contribution in [1.82, 2.24) is 5.16 Å². The number of rotatable bonds is 5. The molecule has 0 saturated carbocycles. The molecule has 1 atom stereocenters. The van der Waals surface area contributed by atoms with Crippen LogP contribution >= 0.6 is 0 Å². The second-order valence-electron chi connectivity index (χ2n) is 4.56. The Morgan fingerprint density at radius 1 is 1.40 bits per heavy atom. The molecule has 7 heteroatoms. The summed E-state index contributed by atoms with van der Waals surface area (Å²) >= 11 is 0. The van der Waals surface area contributed by atoms with E-state index in [1.54, 1.807) is 19.1 Å². The maximum Gasteiger partial charge on any atom is 0.216 e. The van der Waals surface area contributed by atoms with Crippen molar-refractivity contribution in [3.63, 3.8) is 0 Å². The molecule has 110 valence electrons. The van der Waals surface area contributed by atoms with Crippen molar-refractivity contribution in [1.29, 1.82) is 0 Å². The molecule has 20 heavy (non-hydrogen) atoms. The Morgan fingerprint density at radius 3 is 2.60 bits per heavy atom. The topological polar surface area (TPSA) is 95.4 Å². The Hall–Kier alpha value is -1.60. The van der Waals surface area contributed by atoms with Crippen LogP contribution in [0, 0.1) is 0 Å². The fourth-order valence-electron chi connectivity index (χ4n) is 2.34. The van der Waals surface area contributed by atoms with Gasteiger partial charge in [0, 0.05) is 17.0 Å². The number of primary sulfonamides is 1. The van der Waals surface area contributed by atoms with Crippen LogP contribution in [0.25, 0.3) is 11.0 Å². The SMILES string of the molecule is CCc1noc2cc(OC)c(C(CC)S(N)(=O)=O)cc12. The third kappa shape index (κ3) is 2.51.